The summed E-state index contributed by atoms with van der Waals surface area (Å²) in [6.45, 7) is 3.34. The summed E-state index contributed by atoms with van der Waals surface area (Å²) in [5.41, 5.74) is 2.79. The van der Waals surface area contributed by atoms with Gasteiger partial charge in [-0.15, -0.1) is 0 Å². The molecule has 1 heteroatoms. The molecule has 22 heavy (non-hydrogen) atoms. The predicted molar refractivity (Wildman–Crippen MR) is 93.6 cm³/mol. The largest absolute Gasteiger partial charge is 0.286 e. The summed E-state index contributed by atoms with van der Waals surface area (Å²) >= 11 is 0. The molecule has 3 rings (SSSR count). The molecule has 0 saturated heterocycles. The molecule has 2 atom stereocenters. The molecular weight excluding hydrogens is 266 g/mol. The number of rotatable bonds is 5. The van der Waals surface area contributed by atoms with Gasteiger partial charge >= 0.3 is 0 Å². The Morgan fingerprint density at radius 3 is 2.32 bits per heavy atom. The third kappa shape index (κ3) is 3.66. The second-order valence-corrected chi connectivity index (χ2v) is 6.17. The van der Waals surface area contributed by atoms with Crippen molar-refractivity contribution in [2.75, 3.05) is 0 Å². The fourth-order valence-corrected chi connectivity index (χ4v) is 3.33. The third-order valence-electron chi connectivity index (χ3n) is 4.64. The van der Waals surface area contributed by atoms with Gasteiger partial charge in [0.25, 0.3) is 0 Å². The number of allylic oxidation sites excluding steroid dienone is 1. The van der Waals surface area contributed by atoms with E-state index in [1.165, 1.54) is 30.4 Å². The number of benzene rings is 2. The Labute approximate surface area is 134 Å². The standard InChI is InChI=1S/C21H25N/c1-18(20-13-7-3-8-14-20)22(21-15-9-4-10-16-21)17-19-11-5-2-6-12-19/h2-3,5-9,11-15,18,21H,4,10,16-17H2,1H3/t18-,21+/m0/s1. The molecular formula is C21H25N. The monoisotopic (exact) mass is 291 g/mol. The summed E-state index contributed by atoms with van der Waals surface area (Å²) in [7, 11) is 0. The van der Waals surface area contributed by atoms with Crippen LogP contribution in [0.1, 0.15) is 43.4 Å². The summed E-state index contributed by atoms with van der Waals surface area (Å²) < 4.78 is 0. The summed E-state index contributed by atoms with van der Waals surface area (Å²) in [6, 6.07) is 22.7. The maximum absolute atomic E-state index is 2.64. The van der Waals surface area contributed by atoms with E-state index < -0.39 is 0 Å². The Morgan fingerprint density at radius 2 is 1.68 bits per heavy atom. The van der Waals surface area contributed by atoms with Gasteiger partial charge in [0.2, 0.25) is 0 Å². The van der Waals surface area contributed by atoms with E-state index in [1.54, 1.807) is 0 Å². The molecule has 0 spiro atoms. The molecule has 114 valence electrons. The lowest BCUT2D eigenvalue weighted by Gasteiger charge is -2.36. The molecule has 2 aromatic carbocycles. The minimum Gasteiger partial charge on any atom is -0.286 e. The van der Waals surface area contributed by atoms with E-state index in [1.807, 2.05) is 0 Å². The summed E-state index contributed by atoms with van der Waals surface area (Å²) in [4.78, 5) is 2.64. The molecule has 0 bridgehead atoms. The molecule has 2 aromatic rings. The van der Waals surface area contributed by atoms with Crippen LogP contribution in [0.5, 0.6) is 0 Å². The van der Waals surface area contributed by atoms with E-state index in [4.69, 9.17) is 0 Å². The van der Waals surface area contributed by atoms with Gasteiger partial charge in [-0.05, 0) is 37.3 Å². The molecule has 0 aliphatic heterocycles. The van der Waals surface area contributed by atoms with Gasteiger partial charge in [-0.1, -0.05) is 72.8 Å². The maximum atomic E-state index is 2.64. The lowest BCUT2D eigenvalue weighted by atomic mass is 9.97. The summed E-state index contributed by atoms with van der Waals surface area (Å²) in [5, 5.41) is 0. The fourth-order valence-electron chi connectivity index (χ4n) is 3.33. The Balaban J connectivity index is 1.85. The van der Waals surface area contributed by atoms with Crippen LogP contribution >= 0.6 is 0 Å². The molecule has 0 unspecified atom stereocenters. The van der Waals surface area contributed by atoms with Crippen LogP contribution in [0, 0.1) is 0 Å². The molecule has 1 nitrogen and oxygen atoms in total. The second-order valence-electron chi connectivity index (χ2n) is 6.17. The summed E-state index contributed by atoms with van der Waals surface area (Å²) in [6.07, 6.45) is 8.56. The van der Waals surface area contributed by atoms with Crippen molar-refractivity contribution >= 4 is 0 Å². The van der Waals surface area contributed by atoms with Crippen LogP contribution in [0.15, 0.2) is 72.8 Å². The average Bonchev–Trinajstić information content (AvgIpc) is 2.61. The van der Waals surface area contributed by atoms with Crippen LogP contribution in [0.4, 0.5) is 0 Å². The molecule has 1 aliphatic rings. The SMILES string of the molecule is C[C@@H](c1ccccc1)N(Cc1ccccc1)[C@@H]1C=CCCC1. The first kappa shape index (κ1) is 15.1. The summed E-state index contributed by atoms with van der Waals surface area (Å²) in [5.74, 6) is 0. The van der Waals surface area contributed by atoms with Gasteiger partial charge in [-0.3, -0.25) is 4.90 Å². The van der Waals surface area contributed by atoms with Crippen LogP contribution in [-0.4, -0.2) is 10.9 Å². The van der Waals surface area contributed by atoms with Crippen LogP contribution in [0.3, 0.4) is 0 Å². The van der Waals surface area contributed by atoms with Crippen LogP contribution in [-0.2, 0) is 6.54 Å². The first-order valence-electron chi connectivity index (χ1n) is 8.36. The van der Waals surface area contributed by atoms with Gasteiger partial charge in [-0.25, -0.2) is 0 Å². The molecule has 0 heterocycles. The molecule has 0 amide bonds. The highest BCUT2D eigenvalue weighted by Gasteiger charge is 2.23. The van der Waals surface area contributed by atoms with E-state index in [0.717, 1.165) is 6.54 Å². The molecule has 0 N–H and O–H groups in total. The molecule has 0 saturated carbocycles. The first-order chi connectivity index (χ1) is 10.8. The number of hydrogen-bond donors (Lipinski definition) is 0. The van der Waals surface area contributed by atoms with Crippen molar-refractivity contribution in [3.05, 3.63) is 83.9 Å². The van der Waals surface area contributed by atoms with E-state index in [0.29, 0.717) is 12.1 Å². The van der Waals surface area contributed by atoms with Crippen molar-refractivity contribution in [1.82, 2.24) is 4.90 Å². The van der Waals surface area contributed by atoms with Crippen molar-refractivity contribution in [3.63, 3.8) is 0 Å². The Morgan fingerprint density at radius 1 is 1.00 bits per heavy atom. The van der Waals surface area contributed by atoms with Gasteiger partial charge < -0.3 is 0 Å². The quantitative estimate of drug-likeness (QED) is 0.670. The molecule has 0 fully saturated rings. The van der Waals surface area contributed by atoms with E-state index in [-0.39, 0.29) is 0 Å². The van der Waals surface area contributed by atoms with Gasteiger partial charge in [0.1, 0.15) is 0 Å². The van der Waals surface area contributed by atoms with E-state index >= 15 is 0 Å². The Bertz CT molecular complexity index is 588. The van der Waals surface area contributed by atoms with Gasteiger partial charge in [0.05, 0.1) is 0 Å². The van der Waals surface area contributed by atoms with Crippen molar-refractivity contribution in [3.8, 4) is 0 Å². The molecule has 1 aliphatic carbocycles. The van der Waals surface area contributed by atoms with Crippen molar-refractivity contribution in [2.24, 2.45) is 0 Å². The minimum atomic E-state index is 0.425. The van der Waals surface area contributed by atoms with Crippen LogP contribution in [0.2, 0.25) is 0 Å². The fraction of sp³-hybridized carbons (Fsp3) is 0.333. The van der Waals surface area contributed by atoms with E-state index in [9.17, 15) is 0 Å². The first-order valence-corrected chi connectivity index (χ1v) is 8.36. The van der Waals surface area contributed by atoms with Crippen molar-refractivity contribution in [1.29, 1.82) is 0 Å². The van der Waals surface area contributed by atoms with Gasteiger partial charge in [0, 0.05) is 18.6 Å². The maximum Gasteiger partial charge on any atom is 0.0329 e. The van der Waals surface area contributed by atoms with Crippen molar-refractivity contribution in [2.45, 2.75) is 44.8 Å². The molecule has 0 aromatic heterocycles. The zero-order valence-corrected chi connectivity index (χ0v) is 13.4. The average molecular weight is 291 g/mol. The molecule has 0 radical (unpaired) electrons. The highest BCUT2D eigenvalue weighted by molar-refractivity contribution is 5.21. The highest BCUT2D eigenvalue weighted by Crippen LogP contribution is 2.29. The topological polar surface area (TPSA) is 3.24 Å². The smallest absolute Gasteiger partial charge is 0.0329 e. The van der Waals surface area contributed by atoms with Crippen LogP contribution < -0.4 is 0 Å². The third-order valence-corrected chi connectivity index (χ3v) is 4.64. The zero-order valence-electron chi connectivity index (χ0n) is 13.4. The Kier molecular flexibility index (Phi) is 5.07. The van der Waals surface area contributed by atoms with Crippen LogP contribution in [0.25, 0.3) is 0 Å². The zero-order chi connectivity index (χ0) is 15.2. The highest BCUT2D eigenvalue weighted by atomic mass is 15.2. The second kappa shape index (κ2) is 7.42. The lowest BCUT2D eigenvalue weighted by Crippen LogP contribution is -2.36. The predicted octanol–water partition coefficient (Wildman–Crippen LogP) is 5.36. The number of hydrogen-bond acceptors (Lipinski definition) is 1. The Hall–Kier alpha value is -1.86. The van der Waals surface area contributed by atoms with E-state index in [2.05, 4.69) is 84.6 Å². The normalized spacial score (nSPS) is 19.3. The van der Waals surface area contributed by atoms with Crippen molar-refractivity contribution < 1.29 is 0 Å². The van der Waals surface area contributed by atoms with Gasteiger partial charge in [0.15, 0.2) is 0 Å². The number of nitrogens with zero attached hydrogens (tertiary/aromatic N) is 1. The minimum absolute atomic E-state index is 0.425. The van der Waals surface area contributed by atoms with Gasteiger partial charge in [-0.2, -0.15) is 0 Å². The lowest BCUT2D eigenvalue weighted by molar-refractivity contribution is 0.150.